The van der Waals surface area contributed by atoms with Crippen LogP contribution in [0.2, 0.25) is 0 Å². The molecule has 3 heteroatoms. The predicted octanol–water partition coefficient (Wildman–Crippen LogP) is 6.04. The molecule has 0 aliphatic heterocycles. The summed E-state index contributed by atoms with van der Waals surface area (Å²) in [5.41, 5.74) is 0. The topological polar surface area (TPSA) is 0 Å². The summed E-state index contributed by atoms with van der Waals surface area (Å²) in [5, 5.41) is 0. The summed E-state index contributed by atoms with van der Waals surface area (Å²) in [5.74, 6) is 1.36. The molecule has 0 radical (unpaired) electrons. The van der Waals surface area contributed by atoms with Crippen LogP contribution in [0.3, 0.4) is 0 Å². The monoisotopic (exact) mass is 316 g/mol. The first-order chi connectivity index (χ1) is 10.6. The van der Waals surface area contributed by atoms with E-state index in [2.05, 4.69) is 6.92 Å². The summed E-state index contributed by atoms with van der Waals surface area (Å²) in [6.45, 7) is 2.29. The standard InChI is InChI=1S/C19H31F3/c1-12-5-7-13(8-6-12)15-10-9-14(11-18(15)21)16-3-2-4-17(20)19(16)22/h12-19H,2-11H2,1H3. The van der Waals surface area contributed by atoms with E-state index in [1.54, 1.807) is 0 Å². The summed E-state index contributed by atoms with van der Waals surface area (Å²) < 4.78 is 42.5. The fraction of sp³-hybridized carbons (Fsp3) is 1.00. The van der Waals surface area contributed by atoms with Gasteiger partial charge in [-0.3, -0.25) is 0 Å². The third-order valence-electron chi connectivity index (χ3n) is 6.91. The number of halogens is 3. The Labute approximate surface area is 133 Å². The number of hydrogen-bond donors (Lipinski definition) is 0. The van der Waals surface area contributed by atoms with Crippen LogP contribution in [0.4, 0.5) is 13.2 Å². The number of rotatable bonds is 2. The highest BCUT2D eigenvalue weighted by Crippen LogP contribution is 2.47. The van der Waals surface area contributed by atoms with Crippen LogP contribution in [0.5, 0.6) is 0 Å². The summed E-state index contributed by atoms with van der Waals surface area (Å²) >= 11 is 0. The highest BCUT2D eigenvalue weighted by atomic mass is 19.2. The number of hydrogen-bond acceptors (Lipinski definition) is 0. The maximum Gasteiger partial charge on any atom is 0.134 e. The molecular weight excluding hydrogens is 285 g/mol. The van der Waals surface area contributed by atoms with Gasteiger partial charge in [-0.05, 0) is 74.5 Å². The lowest BCUT2D eigenvalue weighted by molar-refractivity contribution is -0.0102. The fourth-order valence-corrected chi connectivity index (χ4v) is 5.43. The van der Waals surface area contributed by atoms with E-state index in [1.165, 1.54) is 25.7 Å². The molecule has 0 nitrogen and oxygen atoms in total. The van der Waals surface area contributed by atoms with Crippen molar-refractivity contribution in [3.63, 3.8) is 0 Å². The van der Waals surface area contributed by atoms with Crippen LogP contribution >= 0.6 is 0 Å². The second kappa shape index (κ2) is 7.13. The van der Waals surface area contributed by atoms with Gasteiger partial charge in [0.25, 0.3) is 0 Å². The van der Waals surface area contributed by atoms with Crippen LogP contribution in [0.25, 0.3) is 0 Å². The molecule has 0 aromatic carbocycles. The van der Waals surface area contributed by atoms with Gasteiger partial charge in [-0.15, -0.1) is 0 Å². The molecule has 0 amide bonds. The van der Waals surface area contributed by atoms with Gasteiger partial charge in [0.1, 0.15) is 18.5 Å². The molecule has 3 saturated carbocycles. The van der Waals surface area contributed by atoms with E-state index in [1.807, 2.05) is 0 Å². The molecule has 0 saturated heterocycles. The van der Waals surface area contributed by atoms with E-state index < -0.39 is 18.5 Å². The van der Waals surface area contributed by atoms with Gasteiger partial charge in [-0.25, -0.2) is 13.2 Å². The Hall–Kier alpha value is -0.210. The van der Waals surface area contributed by atoms with Crippen molar-refractivity contribution in [3.05, 3.63) is 0 Å². The van der Waals surface area contributed by atoms with Gasteiger partial charge in [0.2, 0.25) is 0 Å². The van der Waals surface area contributed by atoms with Gasteiger partial charge in [0, 0.05) is 0 Å². The van der Waals surface area contributed by atoms with E-state index in [0.717, 1.165) is 31.6 Å². The van der Waals surface area contributed by atoms with Crippen molar-refractivity contribution in [1.82, 2.24) is 0 Å². The predicted molar refractivity (Wildman–Crippen MR) is 84.0 cm³/mol. The Morgan fingerprint density at radius 2 is 1.32 bits per heavy atom. The molecule has 22 heavy (non-hydrogen) atoms. The molecule has 0 heterocycles. The van der Waals surface area contributed by atoms with Crippen molar-refractivity contribution in [2.24, 2.45) is 29.6 Å². The van der Waals surface area contributed by atoms with Crippen molar-refractivity contribution < 1.29 is 13.2 Å². The lowest BCUT2D eigenvalue weighted by atomic mass is 9.64. The molecule has 128 valence electrons. The van der Waals surface area contributed by atoms with E-state index in [9.17, 15) is 13.2 Å². The van der Waals surface area contributed by atoms with Gasteiger partial charge < -0.3 is 0 Å². The molecule has 3 aliphatic rings. The van der Waals surface area contributed by atoms with Gasteiger partial charge in [-0.1, -0.05) is 26.2 Å². The molecule has 0 N–H and O–H groups in total. The van der Waals surface area contributed by atoms with Crippen LogP contribution in [0.15, 0.2) is 0 Å². The lowest BCUT2D eigenvalue weighted by Crippen LogP contribution is -2.41. The molecule has 3 rings (SSSR count). The average Bonchev–Trinajstić information content (AvgIpc) is 2.51. The third kappa shape index (κ3) is 3.48. The van der Waals surface area contributed by atoms with Crippen LogP contribution in [-0.4, -0.2) is 18.5 Å². The Morgan fingerprint density at radius 3 is 2.00 bits per heavy atom. The summed E-state index contributed by atoms with van der Waals surface area (Å²) in [7, 11) is 0. The molecule has 6 unspecified atom stereocenters. The minimum absolute atomic E-state index is 0.0716. The van der Waals surface area contributed by atoms with Gasteiger partial charge >= 0.3 is 0 Å². The zero-order valence-electron chi connectivity index (χ0n) is 13.8. The molecule has 3 fully saturated rings. The summed E-state index contributed by atoms with van der Waals surface area (Å²) in [6, 6.07) is 0. The first-order valence-corrected chi connectivity index (χ1v) is 9.48. The third-order valence-corrected chi connectivity index (χ3v) is 6.91. The van der Waals surface area contributed by atoms with Gasteiger partial charge in [-0.2, -0.15) is 0 Å². The van der Waals surface area contributed by atoms with E-state index in [-0.39, 0.29) is 17.8 Å². The van der Waals surface area contributed by atoms with Crippen LogP contribution in [0, 0.1) is 29.6 Å². The average molecular weight is 316 g/mol. The van der Waals surface area contributed by atoms with Crippen molar-refractivity contribution in [1.29, 1.82) is 0 Å². The first-order valence-electron chi connectivity index (χ1n) is 9.48. The van der Waals surface area contributed by atoms with E-state index >= 15 is 0 Å². The zero-order valence-corrected chi connectivity index (χ0v) is 13.8. The van der Waals surface area contributed by atoms with Gasteiger partial charge in [0.15, 0.2) is 0 Å². The smallest absolute Gasteiger partial charge is 0.134 e. The van der Waals surface area contributed by atoms with Crippen LogP contribution in [-0.2, 0) is 0 Å². The van der Waals surface area contributed by atoms with Crippen molar-refractivity contribution in [3.8, 4) is 0 Å². The Bertz CT molecular complexity index is 351. The fourth-order valence-electron chi connectivity index (χ4n) is 5.43. The molecule has 0 bridgehead atoms. The minimum atomic E-state index is -1.35. The SMILES string of the molecule is CC1CCC(C2CCC(C3CCCC(F)C3F)CC2F)CC1. The van der Waals surface area contributed by atoms with Crippen LogP contribution in [0.1, 0.15) is 71.1 Å². The van der Waals surface area contributed by atoms with Crippen molar-refractivity contribution >= 4 is 0 Å². The molecule has 0 spiro atoms. The second-order valence-corrected chi connectivity index (χ2v) is 8.33. The minimum Gasteiger partial charge on any atom is -0.247 e. The summed E-state index contributed by atoms with van der Waals surface area (Å²) in [6.07, 6.45) is 5.51. The van der Waals surface area contributed by atoms with Gasteiger partial charge in [0.05, 0.1) is 0 Å². The Kier molecular flexibility index (Phi) is 5.39. The van der Waals surface area contributed by atoms with Crippen LogP contribution < -0.4 is 0 Å². The number of alkyl halides is 3. The molecule has 3 aliphatic carbocycles. The highest BCUT2D eigenvalue weighted by Gasteiger charge is 2.43. The highest BCUT2D eigenvalue weighted by molar-refractivity contribution is 4.93. The quantitative estimate of drug-likeness (QED) is 0.582. The summed E-state index contributed by atoms with van der Waals surface area (Å²) in [4.78, 5) is 0. The lowest BCUT2D eigenvalue weighted by Gasteiger charge is -2.43. The zero-order chi connectivity index (χ0) is 15.7. The largest absolute Gasteiger partial charge is 0.247 e. The first kappa shape index (κ1) is 16.6. The normalized spacial score (nSPS) is 50.7. The molecular formula is C19H31F3. The Balaban J connectivity index is 1.55. The van der Waals surface area contributed by atoms with Crippen molar-refractivity contribution in [2.75, 3.05) is 0 Å². The molecule has 0 aromatic heterocycles. The Morgan fingerprint density at radius 1 is 0.636 bits per heavy atom. The maximum absolute atomic E-state index is 14.7. The molecule has 0 aromatic rings. The second-order valence-electron chi connectivity index (χ2n) is 8.33. The van der Waals surface area contributed by atoms with E-state index in [0.29, 0.717) is 18.8 Å². The van der Waals surface area contributed by atoms with Crippen molar-refractivity contribution in [2.45, 2.75) is 89.6 Å². The molecule has 6 atom stereocenters. The maximum atomic E-state index is 14.7. The van der Waals surface area contributed by atoms with E-state index in [4.69, 9.17) is 0 Å².